The molecule has 0 amide bonds. The van der Waals surface area contributed by atoms with Crippen molar-refractivity contribution in [3.05, 3.63) is 37.4 Å². The number of halogens is 7. The molecule has 0 aliphatic heterocycles. The van der Waals surface area contributed by atoms with Crippen molar-refractivity contribution in [3.63, 3.8) is 0 Å². The van der Waals surface area contributed by atoms with Crippen molar-refractivity contribution in [2.45, 2.75) is 58.1 Å². The summed E-state index contributed by atoms with van der Waals surface area (Å²) in [4.78, 5) is 6.00. The second-order valence-electron chi connectivity index (χ2n) is 5.80. The Morgan fingerprint density at radius 3 is 1.32 bits per heavy atom. The first kappa shape index (κ1) is 31.1. The first-order valence-electron chi connectivity index (χ1n) is 9.04. The average Bonchev–Trinajstić information content (AvgIpc) is 3.30. The fraction of sp³-hybridized carbons (Fsp3) is 0.600. The van der Waals surface area contributed by atoms with Gasteiger partial charge in [-0.2, -0.15) is 13.2 Å². The maximum atomic E-state index is 10.7. The Bertz CT molecular complexity index is 708. The van der Waals surface area contributed by atoms with Crippen LogP contribution in [0.15, 0.2) is 37.4 Å². The molecule has 2 heterocycles. The number of unbranched alkanes of at least 4 members (excludes halogenated alkanes) is 2. The molecule has 31 heavy (non-hydrogen) atoms. The van der Waals surface area contributed by atoms with Crippen molar-refractivity contribution >= 4 is 17.4 Å². The molecule has 16 heteroatoms. The predicted octanol–water partition coefficient (Wildman–Crippen LogP) is 3.56. The van der Waals surface area contributed by atoms with Gasteiger partial charge in [0, 0.05) is 0 Å². The highest BCUT2D eigenvalue weighted by atomic mass is 32.2. The van der Waals surface area contributed by atoms with Crippen LogP contribution in [-0.4, -0.2) is 35.7 Å². The van der Waals surface area contributed by atoms with Gasteiger partial charge in [0.25, 0.3) is 0 Å². The third-order valence-corrected chi connectivity index (χ3v) is 3.60. The molecule has 182 valence electrons. The van der Waals surface area contributed by atoms with Gasteiger partial charge in [-0.25, -0.2) is 17.6 Å². The number of aryl methyl sites for hydroxylation is 2. The van der Waals surface area contributed by atoms with Gasteiger partial charge in [-0.3, -0.25) is 9.97 Å². The minimum atomic E-state index is -6.09. The standard InChI is InChI=1S/2C7H12N2.CHF3O3S.BF4/c2*1-2-3-5-9-6-4-8-7-9;2-1(3,4)8(5,6)7;2-1(3,4)5/h2*4,6-7H,2-3,5H2,1H3;(H,5,6,7);/q;;;-1/p+1. The molecule has 0 radical (unpaired) electrons. The molecule has 2 N–H and O–H groups in total. The van der Waals surface area contributed by atoms with Gasteiger partial charge in [0.05, 0.1) is 13.1 Å². The van der Waals surface area contributed by atoms with Crippen LogP contribution in [0.3, 0.4) is 0 Å². The Labute approximate surface area is 176 Å². The molecule has 0 unspecified atom stereocenters. The first-order chi connectivity index (χ1) is 14.1. The Hall–Kier alpha value is -2.10. The van der Waals surface area contributed by atoms with E-state index in [1.165, 1.54) is 25.7 Å². The Morgan fingerprint density at radius 1 is 0.871 bits per heavy atom. The van der Waals surface area contributed by atoms with Crippen LogP contribution in [0.4, 0.5) is 30.4 Å². The number of aromatic amines is 2. The molecular formula is C15H26BF7N4O3S. The predicted molar refractivity (Wildman–Crippen MR) is 97.7 cm³/mol. The van der Waals surface area contributed by atoms with Gasteiger partial charge in [0.2, 0.25) is 12.7 Å². The van der Waals surface area contributed by atoms with E-state index in [1.807, 2.05) is 25.0 Å². The maximum Gasteiger partial charge on any atom is 0.673 e. The van der Waals surface area contributed by atoms with E-state index in [0.29, 0.717) is 0 Å². The lowest BCUT2D eigenvalue weighted by atomic mass is 10.3. The zero-order chi connectivity index (χ0) is 24.6. The summed E-state index contributed by atoms with van der Waals surface area (Å²) in [5.41, 5.74) is -5.65. The molecular weight excluding hydrogens is 460 g/mol. The van der Waals surface area contributed by atoms with Crippen LogP contribution in [0.25, 0.3) is 0 Å². The Morgan fingerprint density at radius 2 is 1.16 bits per heavy atom. The number of rotatable bonds is 6. The number of nitrogens with zero attached hydrogens (tertiary/aromatic N) is 2. The van der Waals surface area contributed by atoms with Crippen LogP contribution >= 0.6 is 0 Å². The van der Waals surface area contributed by atoms with E-state index in [-0.39, 0.29) is 0 Å². The van der Waals surface area contributed by atoms with Crippen molar-refractivity contribution < 1.29 is 52.5 Å². The normalized spacial score (nSPS) is 11.3. The smallest absolute Gasteiger partial charge is 0.673 e. The Balaban J connectivity index is 0. The molecule has 7 nitrogen and oxygen atoms in total. The van der Waals surface area contributed by atoms with Crippen molar-refractivity contribution in [2.75, 3.05) is 0 Å². The molecule has 0 fully saturated rings. The van der Waals surface area contributed by atoms with E-state index in [1.54, 1.807) is 0 Å². The quantitative estimate of drug-likeness (QED) is 0.215. The molecule has 2 aromatic heterocycles. The minimum absolute atomic E-state index is 1.14. The van der Waals surface area contributed by atoms with Crippen LogP contribution in [0.5, 0.6) is 0 Å². The van der Waals surface area contributed by atoms with Gasteiger partial charge in [0.15, 0.2) is 10.1 Å². The molecule has 0 aromatic carbocycles. The molecule has 2 aromatic rings. The molecule has 2 rings (SSSR count). The lowest BCUT2D eigenvalue weighted by Crippen LogP contribution is -2.29. The molecule has 0 bridgehead atoms. The van der Waals surface area contributed by atoms with Crippen molar-refractivity contribution in [3.8, 4) is 0 Å². The summed E-state index contributed by atoms with van der Waals surface area (Å²) in [6.45, 7) is 6.68. The van der Waals surface area contributed by atoms with Crippen LogP contribution in [0.1, 0.15) is 39.5 Å². The van der Waals surface area contributed by atoms with Crippen molar-refractivity contribution in [1.82, 2.24) is 9.97 Å². The van der Waals surface area contributed by atoms with Crippen LogP contribution in [0, 0.1) is 0 Å². The molecule has 0 aliphatic rings. The van der Waals surface area contributed by atoms with Crippen LogP contribution in [0.2, 0.25) is 0 Å². The number of hydrogen-bond donors (Lipinski definition) is 2. The largest absolute Gasteiger partial charge is 0.741 e. The van der Waals surface area contributed by atoms with E-state index < -0.39 is 22.9 Å². The molecule has 0 saturated carbocycles. The molecule has 0 spiro atoms. The number of alkyl halides is 3. The number of imidazole rings is 2. The number of hydrogen-bond acceptors (Lipinski definition) is 3. The highest BCUT2D eigenvalue weighted by Crippen LogP contribution is 2.20. The number of H-pyrrole nitrogens is 2. The molecule has 0 aliphatic carbocycles. The lowest BCUT2D eigenvalue weighted by Gasteiger charge is -2.08. The van der Waals surface area contributed by atoms with Crippen molar-refractivity contribution in [1.29, 1.82) is 0 Å². The third-order valence-electron chi connectivity index (χ3n) is 3.03. The van der Waals surface area contributed by atoms with Gasteiger partial charge in [0.1, 0.15) is 24.8 Å². The Kier molecular flexibility index (Phi) is 15.7. The van der Waals surface area contributed by atoms with E-state index in [4.69, 9.17) is 13.0 Å². The van der Waals surface area contributed by atoms with E-state index >= 15 is 0 Å². The summed E-state index contributed by atoms with van der Waals surface area (Å²) < 4.78 is 102. The SMILES string of the molecule is CCCC[n+]1cc[nH]c1.CCCC[n+]1cc[nH]c1.F[B-](F)(F)F.O=S(=O)([O-])C(F)(F)F. The van der Waals surface area contributed by atoms with Gasteiger partial charge in [-0.05, 0) is 12.8 Å². The summed E-state index contributed by atoms with van der Waals surface area (Å²) >= 11 is 0. The fourth-order valence-corrected chi connectivity index (χ4v) is 1.60. The minimum Gasteiger partial charge on any atom is -0.741 e. The lowest BCUT2D eigenvalue weighted by molar-refractivity contribution is -0.696. The summed E-state index contributed by atoms with van der Waals surface area (Å²) in [7, 11) is -12.1. The molecule has 0 atom stereocenters. The topological polar surface area (TPSA) is 96.5 Å². The highest BCUT2D eigenvalue weighted by molar-refractivity contribution is 7.86. The second kappa shape index (κ2) is 15.7. The van der Waals surface area contributed by atoms with E-state index in [0.717, 1.165) is 13.1 Å². The second-order valence-corrected chi connectivity index (χ2v) is 7.17. The van der Waals surface area contributed by atoms with Gasteiger partial charge in [-0.15, -0.1) is 0 Å². The highest BCUT2D eigenvalue weighted by Gasteiger charge is 2.36. The van der Waals surface area contributed by atoms with E-state index in [2.05, 4.69) is 45.3 Å². The summed E-state index contributed by atoms with van der Waals surface area (Å²) in [6.07, 6.45) is 17.0. The van der Waals surface area contributed by atoms with Gasteiger partial charge in [-0.1, -0.05) is 26.7 Å². The monoisotopic (exact) mass is 486 g/mol. The summed E-state index contributed by atoms with van der Waals surface area (Å²) in [6, 6.07) is 0. The van der Waals surface area contributed by atoms with E-state index in [9.17, 15) is 30.4 Å². The fourth-order valence-electron chi connectivity index (χ4n) is 1.60. The number of nitrogens with one attached hydrogen (secondary N) is 2. The third kappa shape index (κ3) is 22.4. The van der Waals surface area contributed by atoms with Crippen molar-refractivity contribution in [2.24, 2.45) is 0 Å². The number of aromatic nitrogens is 4. The summed E-state index contributed by atoms with van der Waals surface area (Å²) in [5, 5.41) is 0. The van der Waals surface area contributed by atoms with Gasteiger partial charge < -0.3 is 21.8 Å². The van der Waals surface area contributed by atoms with Gasteiger partial charge >= 0.3 is 12.8 Å². The maximum absolute atomic E-state index is 10.7. The zero-order valence-corrected chi connectivity index (χ0v) is 17.8. The summed E-state index contributed by atoms with van der Waals surface area (Å²) in [5.74, 6) is 0. The zero-order valence-electron chi connectivity index (χ0n) is 17.0. The van der Waals surface area contributed by atoms with Crippen LogP contribution in [-0.2, 0) is 23.2 Å². The average molecular weight is 486 g/mol. The first-order valence-corrected chi connectivity index (χ1v) is 10.5. The van der Waals surface area contributed by atoms with Crippen LogP contribution < -0.4 is 9.13 Å². The molecule has 0 saturated heterocycles.